The maximum atomic E-state index is 12.6. The normalized spacial score (nSPS) is 11.6. The lowest BCUT2D eigenvalue weighted by molar-refractivity contribution is 0.102. The van der Waals surface area contributed by atoms with Gasteiger partial charge in [0, 0.05) is 23.1 Å². The van der Waals surface area contributed by atoms with Gasteiger partial charge in [0.15, 0.2) is 0 Å². The Morgan fingerprint density at radius 2 is 1.80 bits per heavy atom. The summed E-state index contributed by atoms with van der Waals surface area (Å²) in [6.07, 6.45) is 1.66. The number of rotatable bonds is 5. The number of carbonyl (C=O) groups is 1. The SMILES string of the molecule is Cc1noc(NS(=O)(=O)c2ccc(NC(=O)c3cn4c(C)cccc4n3)cc2)c1C. The number of amides is 1. The summed E-state index contributed by atoms with van der Waals surface area (Å²) in [5, 5.41) is 6.45. The van der Waals surface area contributed by atoms with Crippen molar-refractivity contribution in [1.82, 2.24) is 14.5 Å². The summed E-state index contributed by atoms with van der Waals surface area (Å²) in [5.41, 5.74) is 3.56. The number of sulfonamides is 1. The molecule has 0 aliphatic carbocycles. The van der Waals surface area contributed by atoms with Crippen LogP contribution in [0.3, 0.4) is 0 Å². The number of carbonyl (C=O) groups excluding carboxylic acids is 1. The van der Waals surface area contributed by atoms with Gasteiger partial charge in [-0.3, -0.25) is 4.79 Å². The molecule has 1 aromatic carbocycles. The minimum atomic E-state index is -3.85. The Balaban J connectivity index is 1.50. The number of nitrogens with zero attached hydrogens (tertiary/aromatic N) is 3. The van der Waals surface area contributed by atoms with Crippen LogP contribution in [0.15, 0.2) is 58.1 Å². The number of hydrogen-bond acceptors (Lipinski definition) is 6. The van der Waals surface area contributed by atoms with E-state index in [1.165, 1.54) is 24.3 Å². The molecule has 0 aliphatic heterocycles. The van der Waals surface area contributed by atoms with Crippen molar-refractivity contribution in [2.45, 2.75) is 25.7 Å². The fourth-order valence-electron chi connectivity index (χ4n) is 2.86. The standard InChI is InChI=1S/C20H19N5O4S/c1-12-5-4-6-18-22-17(11-25(12)18)19(26)21-15-7-9-16(10-8-15)30(27,28)24-20-13(2)14(3)23-29-20/h4-11,24H,1-3H3,(H,21,26). The van der Waals surface area contributed by atoms with E-state index < -0.39 is 10.0 Å². The fraction of sp³-hybridized carbons (Fsp3) is 0.150. The molecule has 154 valence electrons. The molecule has 30 heavy (non-hydrogen) atoms. The summed E-state index contributed by atoms with van der Waals surface area (Å²) in [4.78, 5) is 16.9. The summed E-state index contributed by atoms with van der Waals surface area (Å²) in [5.74, 6) is -0.313. The number of aromatic nitrogens is 3. The van der Waals surface area contributed by atoms with E-state index in [1.54, 1.807) is 20.0 Å². The Hall–Kier alpha value is -3.66. The van der Waals surface area contributed by atoms with Crippen LogP contribution in [0.4, 0.5) is 11.6 Å². The molecular formula is C20H19N5O4S. The quantitative estimate of drug-likeness (QED) is 0.506. The molecule has 0 aliphatic rings. The van der Waals surface area contributed by atoms with E-state index in [-0.39, 0.29) is 22.4 Å². The molecule has 9 nitrogen and oxygen atoms in total. The Labute approximate surface area is 172 Å². The first kappa shape index (κ1) is 19.6. The predicted octanol–water partition coefficient (Wildman–Crippen LogP) is 3.30. The van der Waals surface area contributed by atoms with Crippen molar-refractivity contribution in [2.75, 3.05) is 10.0 Å². The average molecular weight is 425 g/mol. The third kappa shape index (κ3) is 3.64. The maximum Gasteiger partial charge on any atom is 0.275 e. The van der Waals surface area contributed by atoms with Gasteiger partial charge in [0.2, 0.25) is 5.88 Å². The van der Waals surface area contributed by atoms with E-state index in [0.29, 0.717) is 22.6 Å². The number of hydrogen-bond donors (Lipinski definition) is 2. The molecule has 0 fully saturated rings. The van der Waals surface area contributed by atoms with E-state index in [9.17, 15) is 13.2 Å². The van der Waals surface area contributed by atoms with Crippen LogP contribution in [0, 0.1) is 20.8 Å². The van der Waals surface area contributed by atoms with Gasteiger partial charge in [0.25, 0.3) is 15.9 Å². The molecule has 0 saturated heterocycles. The largest absolute Gasteiger partial charge is 0.337 e. The van der Waals surface area contributed by atoms with E-state index in [2.05, 4.69) is 20.2 Å². The van der Waals surface area contributed by atoms with Gasteiger partial charge >= 0.3 is 0 Å². The monoisotopic (exact) mass is 425 g/mol. The highest BCUT2D eigenvalue weighted by Gasteiger charge is 2.19. The first-order valence-corrected chi connectivity index (χ1v) is 10.5. The molecule has 4 aromatic rings. The number of pyridine rings is 1. The zero-order chi connectivity index (χ0) is 21.5. The van der Waals surface area contributed by atoms with Crippen molar-refractivity contribution in [3.05, 3.63) is 71.3 Å². The van der Waals surface area contributed by atoms with E-state index in [4.69, 9.17) is 4.52 Å². The number of anilines is 2. The molecule has 0 saturated carbocycles. The second kappa shape index (κ2) is 7.30. The van der Waals surface area contributed by atoms with Crippen molar-refractivity contribution in [2.24, 2.45) is 0 Å². The maximum absolute atomic E-state index is 12.6. The van der Waals surface area contributed by atoms with Crippen molar-refractivity contribution in [1.29, 1.82) is 0 Å². The van der Waals surface area contributed by atoms with Crippen molar-refractivity contribution in [3.63, 3.8) is 0 Å². The molecule has 0 unspecified atom stereocenters. The highest BCUT2D eigenvalue weighted by molar-refractivity contribution is 7.92. The fourth-order valence-corrected chi connectivity index (χ4v) is 3.91. The number of imidazole rings is 1. The van der Waals surface area contributed by atoms with Crippen LogP contribution < -0.4 is 10.0 Å². The third-order valence-electron chi connectivity index (χ3n) is 4.74. The van der Waals surface area contributed by atoms with Gasteiger partial charge in [0.05, 0.1) is 10.6 Å². The molecule has 3 heterocycles. The van der Waals surface area contributed by atoms with Crippen LogP contribution in [0.25, 0.3) is 5.65 Å². The zero-order valence-corrected chi connectivity index (χ0v) is 17.3. The molecule has 4 rings (SSSR count). The molecule has 0 spiro atoms. The van der Waals surface area contributed by atoms with Gasteiger partial charge in [-0.25, -0.2) is 18.1 Å². The van der Waals surface area contributed by atoms with Crippen LogP contribution in [0.2, 0.25) is 0 Å². The second-order valence-electron chi connectivity index (χ2n) is 6.83. The molecule has 10 heteroatoms. The summed E-state index contributed by atoms with van der Waals surface area (Å²) in [6.45, 7) is 5.35. The van der Waals surface area contributed by atoms with Gasteiger partial charge in [-0.2, -0.15) is 0 Å². The molecule has 1 amide bonds. The predicted molar refractivity (Wildman–Crippen MR) is 111 cm³/mol. The zero-order valence-electron chi connectivity index (χ0n) is 16.5. The summed E-state index contributed by atoms with van der Waals surface area (Å²) in [6, 6.07) is 11.4. The van der Waals surface area contributed by atoms with Crippen molar-refractivity contribution < 1.29 is 17.7 Å². The van der Waals surface area contributed by atoms with Gasteiger partial charge in [-0.15, -0.1) is 0 Å². The Morgan fingerprint density at radius 1 is 1.07 bits per heavy atom. The second-order valence-corrected chi connectivity index (χ2v) is 8.51. The molecular weight excluding hydrogens is 406 g/mol. The molecule has 0 bridgehead atoms. The van der Waals surface area contributed by atoms with Crippen LogP contribution >= 0.6 is 0 Å². The van der Waals surface area contributed by atoms with Crippen LogP contribution in [0.5, 0.6) is 0 Å². The van der Waals surface area contributed by atoms with Gasteiger partial charge in [0.1, 0.15) is 11.3 Å². The summed E-state index contributed by atoms with van der Waals surface area (Å²) < 4.78 is 34.3. The first-order chi connectivity index (χ1) is 14.2. The van der Waals surface area contributed by atoms with Gasteiger partial charge in [-0.05, 0) is 57.2 Å². The summed E-state index contributed by atoms with van der Waals surface area (Å²) in [7, 11) is -3.85. The minimum Gasteiger partial charge on any atom is -0.337 e. The van der Waals surface area contributed by atoms with Crippen molar-refractivity contribution in [3.8, 4) is 0 Å². The molecule has 0 radical (unpaired) electrons. The topological polar surface area (TPSA) is 119 Å². The molecule has 3 aromatic heterocycles. The number of aryl methyl sites for hydroxylation is 2. The Morgan fingerprint density at radius 3 is 2.43 bits per heavy atom. The first-order valence-electron chi connectivity index (χ1n) is 9.06. The average Bonchev–Trinajstić information content (AvgIpc) is 3.28. The highest BCUT2D eigenvalue weighted by atomic mass is 32.2. The summed E-state index contributed by atoms with van der Waals surface area (Å²) >= 11 is 0. The lowest BCUT2D eigenvalue weighted by atomic mass is 10.3. The Bertz CT molecular complexity index is 1350. The number of benzene rings is 1. The third-order valence-corrected chi connectivity index (χ3v) is 6.08. The molecule has 2 N–H and O–H groups in total. The van der Waals surface area contributed by atoms with Crippen LogP contribution in [0.1, 0.15) is 27.4 Å². The van der Waals surface area contributed by atoms with Crippen molar-refractivity contribution >= 4 is 33.1 Å². The smallest absolute Gasteiger partial charge is 0.275 e. The van der Waals surface area contributed by atoms with Gasteiger partial charge < -0.3 is 14.2 Å². The van der Waals surface area contributed by atoms with Crippen LogP contribution in [-0.2, 0) is 10.0 Å². The van der Waals surface area contributed by atoms with E-state index in [1.807, 2.05) is 29.5 Å². The molecule has 0 atom stereocenters. The van der Waals surface area contributed by atoms with Crippen LogP contribution in [-0.4, -0.2) is 28.9 Å². The van der Waals surface area contributed by atoms with E-state index in [0.717, 1.165) is 5.69 Å². The lowest BCUT2D eigenvalue weighted by Crippen LogP contribution is -2.14. The highest BCUT2D eigenvalue weighted by Crippen LogP contribution is 2.22. The number of fused-ring (bicyclic) bond motifs is 1. The van der Waals surface area contributed by atoms with Gasteiger partial charge in [-0.1, -0.05) is 11.2 Å². The number of nitrogens with one attached hydrogen (secondary N) is 2. The van der Waals surface area contributed by atoms with E-state index >= 15 is 0 Å². The minimum absolute atomic E-state index is 0.0253. The Kier molecular flexibility index (Phi) is 4.78. The lowest BCUT2D eigenvalue weighted by Gasteiger charge is -2.07.